The van der Waals surface area contributed by atoms with Gasteiger partial charge in [-0.25, -0.2) is 13.2 Å². The molecule has 9 heteroatoms. The number of benzene rings is 1. The van der Waals surface area contributed by atoms with Crippen LogP contribution in [0.2, 0.25) is 5.02 Å². The fourth-order valence-corrected chi connectivity index (χ4v) is 4.25. The number of amides is 1. The van der Waals surface area contributed by atoms with Crippen LogP contribution in [0.5, 0.6) is 0 Å². The van der Waals surface area contributed by atoms with Gasteiger partial charge in [0.1, 0.15) is 4.90 Å². The van der Waals surface area contributed by atoms with Crippen molar-refractivity contribution in [3.05, 3.63) is 28.8 Å². The van der Waals surface area contributed by atoms with Gasteiger partial charge in [0.25, 0.3) is 5.91 Å². The largest absolute Gasteiger partial charge is 0.452 e. The number of esters is 1. The third-order valence-electron chi connectivity index (χ3n) is 3.68. The van der Waals surface area contributed by atoms with Crippen molar-refractivity contribution in [3.8, 4) is 0 Å². The second-order valence-electron chi connectivity index (χ2n) is 5.62. The second kappa shape index (κ2) is 7.50. The summed E-state index contributed by atoms with van der Waals surface area (Å²) in [6.07, 6.45) is 1.59. The summed E-state index contributed by atoms with van der Waals surface area (Å²) in [5, 5.41) is 0.0443. The molecule has 1 aliphatic rings. The van der Waals surface area contributed by atoms with Gasteiger partial charge in [0.2, 0.25) is 10.0 Å². The fourth-order valence-electron chi connectivity index (χ4n) is 2.24. The summed E-state index contributed by atoms with van der Waals surface area (Å²) in [7, 11) is -0.670. The molecule has 1 amide bonds. The Kier molecular flexibility index (Phi) is 5.84. The smallest absolute Gasteiger partial charge is 0.338 e. The first-order valence-electron chi connectivity index (χ1n) is 7.40. The molecule has 0 N–H and O–H groups in total. The Hall–Kier alpha value is -1.64. The first-order chi connectivity index (χ1) is 11.2. The van der Waals surface area contributed by atoms with E-state index in [4.69, 9.17) is 16.3 Å². The molecule has 0 atom stereocenters. The number of rotatable bonds is 5. The van der Waals surface area contributed by atoms with Gasteiger partial charge in [0, 0.05) is 27.2 Å². The minimum Gasteiger partial charge on any atom is -0.452 e. The molecule has 0 spiro atoms. The molecule has 1 aliphatic heterocycles. The Bertz CT molecular complexity index is 742. The van der Waals surface area contributed by atoms with Crippen LogP contribution < -0.4 is 0 Å². The van der Waals surface area contributed by atoms with Gasteiger partial charge in [0.15, 0.2) is 6.61 Å². The van der Waals surface area contributed by atoms with Crippen LogP contribution in [0.3, 0.4) is 0 Å². The average Bonchev–Trinajstić information content (AvgIpc) is 3.07. The van der Waals surface area contributed by atoms with Crippen molar-refractivity contribution in [1.29, 1.82) is 0 Å². The summed E-state index contributed by atoms with van der Waals surface area (Å²) in [4.78, 5) is 24.7. The topological polar surface area (TPSA) is 84.0 Å². The summed E-state index contributed by atoms with van der Waals surface area (Å²) < 4.78 is 31.5. The summed E-state index contributed by atoms with van der Waals surface area (Å²) in [5.41, 5.74) is 0.0312. The van der Waals surface area contributed by atoms with Gasteiger partial charge in [-0.05, 0) is 31.0 Å². The Morgan fingerprint density at radius 1 is 1.25 bits per heavy atom. The van der Waals surface area contributed by atoms with Crippen molar-refractivity contribution in [1.82, 2.24) is 9.21 Å². The maximum Gasteiger partial charge on any atom is 0.338 e. The lowest BCUT2D eigenvalue weighted by molar-refractivity contribution is -0.131. The summed E-state index contributed by atoms with van der Waals surface area (Å²) in [6, 6.07) is 3.90. The van der Waals surface area contributed by atoms with Gasteiger partial charge in [0.05, 0.1) is 10.6 Å². The maximum atomic E-state index is 12.6. The van der Waals surface area contributed by atoms with Crippen LogP contribution in [0.15, 0.2) is 23.1 Å². The third-order valence-corrected chi connectivity index (χ3v) is 6.06. The van der Waals surface area contributed by atoms with Crippen molar-refractivity contribution in [2.24, 2.45) is 0 Å². The number of carbonyl (C=O) groups is 2. The van der Waals surface area contributed by atoms with Crippen LogP contribution >= 0.6 is 11.6 Å². The zero-order valence-corrected chi connectivity index (χ0v) is 15.1. The molecule has 2 rings (SSSR count). The first kappa shape index (κ1) is 18.7. The van der Waals surface area contributed by atoms with E-state index in [1.165, 1.54) is 27.4 Å². The van der Waals surface area contributed by atoms with E-state index in [-0.39, 0.29) is 21.4 Å². The Morgan fingerprint density at radius 2 is 1.88 bits per heavy atom. The number of hydrogen-bond donors (Lipinski definition) is 0. The molecule has 1 saturated heterocycles. The van der Waals surface area contributed by atoms with E-state index in [0.29, 0.717) is 13.1 Å². The van der Waals surface area contributed by atoms with E-state index in [1.54, 1.807) is 14.1 Å². The van der Waals surface area contributed by atoms with Gasteiger partial charge in [-0.1, -0.05) is 11.6 Å². The molecule has 7 nitrogen and oxygen atoms in total. The number of halogens is 1. The average molecular weight is 375 g/mol. The molecule has 1 heterocycles. The molecule has 1 fully saturated rings. The molecular weight excluding hydrogens is 356 g/mol. The van der Waals surface area contributed by atoms with Gasteiger partial charge in [-0.3, -0.25) is 4.79 Å². The van der Waals surface area contributed by atoms with Crippen LogP contribution in [-0.4, -0.2) is 63.3 Å². The highest BCUT2D eigenvalue weighted by atomic mass is 35.5. The van der Waals surface area contributed by atoms with E-state index in [0.717, 1.165) is 12.8 Å². The molecule has 0 unspecified atom stereocenters. The highest BCUT2D eigenvalue weighted by Gasteiger charge is 2.30. The van der Waals surface area contributed by atoms with Crippen molar-refractivity contribution >= 4 is 33.5 Å². The number of sulfonamides is 1. The highest BCUT2D eigenvalue weighted by molar-refractivity contribution is 7.89. The molecule has 1 aromatic rings. The molecule has 0 aliphatic carbocycles. The van der Waals surface area contributed by atoms with Crippen molar-refractivity contribution in [2.75, 3.05) is 33.8 Å². The number of hydrogen-bond acceptors (Lipinski definition) is 5. The van der Waals surface area contributed by atoms with E-state index < -0.39 is 22.6 Å². The normalized spacial score (nSPS) is 15.3. The molecule has 0 saturated carbocycles. The fraction of sp³-hybridized carbons (Fsp3) is 0.467. The number of carbonyl (C=O) groups excluding carboxylic acids is 2. The lowest BCUT2D eigenvalue weighted by atomic mass is 10.2. The molecule has 24 heavy (non-hydrogen) atoms. The van der Waals surface area contributed by atoms with E-state index in [1.807, 2.05) is 0 Å². The molecule has 0 radical (unpaired) electrons. The van der Waals surface area contributed by atoms with Gasteiger partial charge < -0.3 is 9.64 Å². The third kappa shape index (κ3) is 4.06. The quantitative estimate of drug-likeness (QED) is 0.727. The highest BCUT2D eigenvalue weighted by Crippen LogP contribution is 2.28. The second-order valence-corrected chi connectivity index (χ2v) is 7.93. The molecular formula is C15H19ClN2O5S. The Balaban J connectivity index is 2.22. The number of nitrogens with zero attached hydrogens (tertiary/aromatic N) is 2. The monoisotopic (exact) mass is 374 g/mol. The lowest BCUT2D eigenvalue weighted by Gasteiger charge is -2.17. The predicted molar refractivity (Wildman–Crippen MR) is 88.4 cm³/mol. The predicted octanol–water partition coefficient (Wildman–Crippen LogP) is 1.37. The van der Waals surface area contributed by atoms with Gasteiger partial charge in [-0.15, -0.1) is 0 Å². The molecule has 0 bridgehead atoms. The first-order valence-corrected chi connectivity index (χ1v) is 9.22. The molecule has 132 valence electrons. The standard InChI is InChI=1S/C15H19ClN2O5S/c1-17(2)14(19)10-23-15(20)11-5-6-12(16)13(9-11)24(21,22)18-7-3-4-8-18/h5-6,9H,3-4,7-8,10H2,1-2H3. The van der Waals surface area contributed by atoms with E-state index >= 15 is 0 Å². The number of ether oxygens (including phenoxy) is 1. The number of likely N-dealkylation sites (N-methyl/N-ethyl adjacent to an activating group) is 1. The SMILES string of the molecule is CN(C)C(=O)COC(=O)c1ccc(Cl)c(S(=O)(=O)N2CCCC2)c1. The van der Waals surface area contributed by atoms with Gasteiger partial charge >= 0.3 is 5.97 Å². The van der Waals surface area contributed by atoms with Crippen LogP contribution in [-0.2, 0) is 19.6 Å². The molecule has 1 aromatic carbocycles. The zero-order chi connectivity index (χ0) is 17.9. The maximum absolute atomic E-state index is 12.6. The minimum atomic E-state index is -3.75. The van der Waals surface area contributed by atoms with Gasteiger partial charge in [-0.2, -0.15) is 4.31 Å². The molecule has 0 aromatic heterocycles. The minimum absolute atomic E-state index is 0.0312. The van der Waals surface area contributed by atoms with Crippen LogP contribution in [0.1, 0.15) is 23.2 Å². The van der Waals surface area contributed by atoms with Crippen molar-refractivity contribution in [2.45, 2.75) is 17.7 Å². The Morgan fingerprint density at radius 3 is 2.46 bits per heavy atom. The van der Waals surface area contributed by atoms with E-state index in [2.05, 4.69) is 0 Å². The lowest BCUT2D eigenvalue weighted by Crippen LogP contribution is -2.29. The summed E-state index contributed by atoms with van der Waals surface area (Å²) >= 11 is 6.01. The van der Waals surface area contributed by atoms with Crippen LogP contribution in [0.25, 0.3) is 0 Å². The zero-order valence-electron chi connectivity index (χ0n) is 13.5. The van der Waals surface area contributed by atoms with Crippen LogP contribution in [0.4, 0.5) is 0 Å². The van der Waals surface area contributed by atoms with E-state index in [9.17, 15) is 18.0 Å². The van der Waals surface area contributed by atoms with Crippen LogP contribution in [0, 0.1) is 0 Å². The summed E-state index contributed by atoms with van der Waals surface area (Å²) in [5.74, 6) is -1.15. The van der Waals surface area contributed by atoms with Crippen molar-refractivity contribution < 1.29 is 22.7 Å². The van der Waals surface area contributed by atoms with Crippen molar-refractivity contribution in [3.63, 3.8) is 0 Å². The Labute approximate surface area is 146 Å². The summed E-state index contributed by atoms with van der Waals surface area (Å²) in [6.45, 7) is 0.456.